The fraction of sp³-hybridized carbons (Fsp3) is 0.286. The summed E-state index contributed by atoms with van der Waals surface area (Å²) >= 11 is 0. The van der Waals surface area contributed by atoms with Crippen molar-refractivity contribution < 1.29 is 23.8 Å². The molecular weight excluding hydrogens is 444 g/mol. The van der Waals surface area contributed by atoms with Gasteiger partial charge in [-0.1, -0.05) is 18.2 Å². The van der Waals surface area contributed by atoms with Gasteiger partial charge in [0.25, 0.3) is 5.91 Å². The number of benzene rings is 3. The smallest absolute Gasteiger partial charge is 0.261 e. The summed E-state index contributed by atoms with van der Waals surface area (Å²) in [4.78, 5) is 28.6. The van der Waals surface area contributed by atoms with Gasteiger partial charge in [-0.3, -0.25) is 9.59 Å². The second-order valence-electron chi connectivity index (χ2n) is 9.03. The highest BCUT2D eigenvalue weighted by atomic mass is 16.5. The Morgan fingerprint density at radius 3 is 2.43 bits per heavy atom. The highest BCUT2D eigenvalue weighted by molar-refractivity contribution is 6.10. The minimum atomic E-state index is -0.734. The van der Waals surface area contributed by atoms with E-state index in [0.717, 1.165) is 16.9 Å². The number of nitrogens with one attached hydrogen (secondary N) is 1. The normalized spacial score (nSPS) is 16.4. The summed E-state index contributed by atoms with van der Waals surface area (Å²) in [6, 6.07) is 18.5. The zero-order valence-electron chi connectivity index (χ0n) is 20.1. The number of rotatable bonds is 4. The van der Waals surface area contributed by atoms with Gasteiger partial charge < -0.3 is 24.4 Å². The maximum absolute atomic E-state index is 13.7. The van der Waals surface area contributed by atoms with Gasteiger partial charge in [0, 0.05) is 25.9 Å². The second-order valence-corrected chi connectivity index (χ2v) is 9.03. The quantitative estimate of drug-likeness (QED) is 0.574. The van der Waals surface area contributed by atoms with Crippen molar-refractivity contribution in [2.75, 3.05) is 37.6 Å². The molecule has 1 fully saturated rings. The van der Waals surface area contributed by atoms with Gasteiger partial charge >= 0.3 is 0 Å². The monoisotopic (exact) mass is 472 g/mol. The average Bonchev–Trinajstić information content (AvgIpc) is 2.99. The largest absolute Gasteiger partial charge is 0.497 e. The van der Waals surface area contributed by atoms with Crippen molar-refractivity contribution in [3.63, 3.8) is 0 Å². The molecule has 0 radical (unpaired) electrons. The number of carbonyl (C=O) groups is 2. The number of aryl methyl sites for hydroxylation is 1. The Hall–Kier alpha value is -3.84. The highest BCUT2D eigenvalue weighted by Gasteiger charge is 2.42. The number of hydrogen-bond acceptors (Lipinski definition) is 5. The molecule has 0 atom stereocenters. The molecular formula is C28H28N2O5. The van der Waals surface area contributed by atoms with Gasteiger partial charge in [0.1, 0.15) is 11.5 Å². The van der Waals surface area contributed by atoms with Gasteiger partial charge in [-0.2, -0.15) is 0 Å². The Morgan fingerprint density at radius 1 is 1.00 bits per heavy atom. The SMILES string of the molecule is COc1ccc(C2(C(=O)Nc3ccc4c(c3)C(=O)N(C)c3cc(C)ccc3O4)CCOCC2)cc1. The summed E-state index contributed by atoms with van der Waals surface area (Å²) in [6.45, 7) is 2.97. The highest BCUT2D eigenvalue weighted by Crippen LogP contribution is 2.41. The van der Waals surface area contributed by atoms with Crippen molar-refractivity contribution in [3.8, 4) is 17.2 Å². The Labute approximate surface area is 204 Å². The lowest BCUT2D eigenvalue weighted by atomic mass is 9.73. The van der Waals surface area contributed by atoms with Gasteiger partial charge in [0.05, 0.1) is 23.8 Å². The van der Waals surface area contributed by atoms with E-state index in [0.29, 0.717) is 54.5 Å². The third-order valence-corrected chi connectivity index (χ3v) is 6.89. The number of ether oxygens (including phenoxy) is 3. The molecule has 7 nitrogen and oxygen atoms in total. The molecule has 3 aromatic rings. The Morgan fingerprint density at radius 2 is 1.71 bits per heavy atom. The number of nitrogens with zero attached hydrogens (tertiary/aromatic N) is 1. The zero-order chi connectivity index (χ0) is 24.6. The van der Waals surface area contributed by atoms with Crippen LogP contribution < -0.4 is 19.7 Å². The van der Waals surface area contributed by atoms with E-state index in [2.05, 4.69) is 5.32 Å². The van der Waals surface area contributed by atoms with Gasteiger partial charge in [0.2, 0.25) is 5.91 Å². The molecule has 35 heavy (non-hydrogen) atoms. The van der Waals surface area contributed by atoms with Crippen LogP contribution >= 0.6 is 0 Å². The number of carbonyl (C=O) groups excluding carboxylic acids is 2. The number of fused-ring (bicyclic) bond motifs is 2. The van der Waals surface area contributed by atoms with E-state index in [4.69, 9.17) is 14.2 Å². The first-order valence-electron chi connectivity index (χ1n) is 11.7. The molecule has 3 aromatic carbocycles. The van der Waals surface area contributed by atoms with Crippen LogP contribution in [0.5, 0.6) is 17.2 Å². The Kier molecular flexibility index (Phi) is 5.94. The van der Waals surface area contributed by atoms with E-state index in [1.807, 2.05) is 49.4 Å². The molecule has 0 saturated carbocycles. The lowest BCUT2D eigenvalue weighted by molar-refractivity contribution is -0.125. The van der Waals surface area contributed by atoms with E-state index in [1.165, 1.54) is 0 Å². The number of amides is 2. The molecule has 180 valence electrons. The second kappa shape index (κ2) is 9.07. The third kappa shape index (κ3) is 4.12. The van der Waals surface area contributed by atoms with E-state index >= 15 is 0 Å². The fourth-order valence-corrected chi connectivity index (χ4v) is 4.78. The Balaban J connectivity index is 1.46. The van der Waals surface area contributed by atoms with Crippen molar-refractivity contribution in [1.82, 2.24) is 0 Å². The fourth-order valence-electron chi connectivity index (χ4n) is 4.78. The molecule has 1 N–H and O–H groups in total. The lowest BCUT2D eigenvalue weighted by Gasteiger charge is -2.36. The van der Waals surface area contributed by atoms with Crippen LogP contribution in [-0.4, -0.2) is 39.2 Å². The zero-order valence-corrected chi connectivity index (χ0v) is 20.1. The first-order chi connectivity index (χ1) is 16.9. The molecule has 0 unspecified atom stereocenters. The number of hydrogen-bond donors (Lipinski definition) is 1. The molecule has 7 heteroatoms. The first-order valence-corrected chi connectivity index (χ1v) is 11.7. The van der Waals surface area contributed by atoms with Crippen molar-refractivity contribution >= 4 is 23.2 Å². The van der Waals surface area contributed by atoms with Gasteiger partial charge in [-0.25, -0.2) is 0 Å². The molecule has 1 saturated heterocycles. The van der Waals surface area contributed by atoms with Crippen LogP contribution in [0.15, 0.2) is 60.7 Å². The molecule has 0 spiro atoms. The lowest BCUT2D eigenvalue weighted by Crippen LogP contribution is -2.44. The van der Waals surface area contributed by atoms with Crippen molar-refractivity contribution in [2.45, 2.75) is 25.2 Å². The first kappa shape index (κ1) is 22.9. The van der Waals surface area contributed by atoms with E-state index in [1.54, 1.807) is 37.3 Å². The molecule has 0 bridgehead atoms. The molecule has 2 aliphatic rings. The standard InChI is InChI=1S/C28H28N2O5/c1-18-4-10-25-23(16-18)30(2)26(31)22-17-20(7-11-24(22)35-25)29-27(32)28(12-14-34-15-13-28)19-5-8-21(33-3)9-6-19/h4-11,16-17H,12-15H2,1-3H3,(H,29,32). The predicted molar refractivity (Wildman–Crippen MR) is 134 cm³/mol. The van der Waals surface area contributed by atoms with Crippen LogP contribution in [0.3, 0.4) is 0 Å². The maximum Gasteiger partial charge on any atom is 0.261 e. The summed E-state index contributed by atoms with van der Waals surface area (Å²) in [5.74, 6) is 1.48. The van der Waals surface area contributed by atoms with Crippen LogP contribution in [0.25, 0.3) is 0 Å². The van der Waals surface area contributed by atoms with E-state index < -0.39 is 5.41 Å². The van der Waals surface area contributed by atoms with E-state index in [-0.39, 0.29) is 11.8 Å². The molecule has 2 aliphatic heterocycles. The number of methoxy groups -OCH3 is 1. The van der Waals surface area contributed by atoms with Gasteiger partial charge in [0.15, 0.2) is 5.75 Å². The third-order valence-electron chi connectivity index (χ3n) is 6.89. The van der Waals surface area contributed by atoms with Crippen molar-refractivity contribution in [3.05, 3.63) is 77.4 Å². The van der Waals surface area contributed by atoms with Crippen LogP contribution in [-0.2, 0) is 14.9 Å². The maximum atomic E-state index is 13.7. The summed E-state index contributed by atoms with van der Waals surface area (Å²) in [5, 5.41) is 3.06. The van der Waals surface area contributed by atoms with Crippen LogP contribution in [0.1, 0.15) is 34.3 Å². The van der Waals surface area contributed by atoms with Crippen LogP contribution in [0.2, 0.25) is 0 Å². The Bertz CT molecular complexity index is 1280. The molecule has 5 rings (SSSR count). The van der Waals surface area contributed by atoms with Crippen LogP contribution in [0.4, 0.5) is 11.4 Å². The average molecular weight is 473 g/mol. The molecule has 0 aliphatic carbocycles. The van der Waals surface area contributed by atoms with Crippen molar-refractivity contribution in [1.29, 1.82) is 0 Å². The summed E-state index contributed by atoms with van der Waals surface area (Å²) < 4.78 is 16.9. The van der Waals surface area contributed by atoms with Crippen LogP contribution in [0, 0.1) is 6.92 Å². The van der Waals surface area contributed by atoms with E-state index in [9.17, 15) is 9.59 Å². The summed E-state index contributed by atoms with van der Waals surface area (Å²) in [7, 11) is 3.34. The van der Waals surface area contributed by atoms with Crippen molar-refractivity contribution in [2.24, 2.45) is 0 Å². The molecule has 0 aromatic heterocycles. The van der Waals surface area contributed by atoms with Gasteiger partial charge in [-0.05, 0) is 73.4 Å². The number of anilines is 2. The summed E-state index contributed by atoms with van der Waals surface area (Å²) in [6.07, 6.45) is 1.13. The van der Waals surface area contributed by atoms with Gasteiger partial charge in [-0.15, -0.1) is 0 Å². The predicted octanol–water partition coefficient (Wildman–Crippen LogP) is 5.07. The molecule has 2 heterocycles. The minimum absolute atomic E-state index is 0.125. The summed E-state index contributed by atoms with van der Waals surface area (Å²) in [5.41, 5.74) is 2.86. The minimum Gasteiger partial charge on any atom is -0.497 e. The topological polar surface area (TPSA) is 77.1 Å². The molecule has 2 amide bonds.